The number of aliphatic hydroxyl groups excluding tert-OH is 9. The summed E-state index contributed by atoms with van der Waals surface area (Å²) < 4.78 is 45.9. The highest BCUT2D eigenvalue weighted by Gasteiger charge is 2.49. The monoisotopic (exact) mass is 903 g/mol. The lowest BCUT2D eigenvalue weighted by Crippen LogP contribution is -2.61. The van der Waals surface area contributed by atoms with Gasteiger partial charge in [-0.15, -0.1) is 0 Å². The van der Waals surface area contributed by atoms with Crippen LogP contribution in [0.4, 0.5) is 0 Å². The summed E-state index contributed by atoms with van der Waals surface area (Å²) in [5.74, 6) is -3.29. The van der Waals surface area contributed by atoms with E-state index in [-0.39, 0.29) is 39.5 Å². The van der Waals surface area contributed by atoms with Gasteiger partial charge in [0.05, 0.1) is 24.3 Å². The Morgan fingerprint density at radius 1 is 0.609 bits per heavy atom. The average Bonchev–Trinajstić information content (AvgIpc) is 3.27. The zero-order chi connectivity index (χ0) is 46.1. The largest absolute Gasteiger partial charge is 0.508 e. The van der Waals surface area contributed by atoms with Crippen LogP contribution in [0.2, 0.25) is 0 Å². The molecule has 1 aromatic heterocycles. The first-order valence-corrected chi connectivity index (χ1v) is 19.7. The molecule has 3 aliphatic rings. The topological polar surface area (TPSA) is 356 Å². The summed E-state index contributed by atoms with van der Waals surface area (Å²) in [7, 11) is 0. The number of fused-ring (bicyclic) bond motifs is 1. The van der Waals surface area contributed by atoms with E-state index in [0.29, 0.717) is 5.56 Å². The Morgan fingerprint density at radius 2 is 1.20 bits per heavy atom. The third-order valence-electron chi connectivity index (χ3n) is 10.8. The summed E-state index contributed by atoms with van der Waals surface area (Å²) in [6.45, 7) is 0.163. The van der Waals surface area contributed by atoms with Gasteiger partial charge in [-0.05, 0) is 42.8 Å². The molecule has 64 heavy (non-hydrogen) atoms. The first-order chi connectivity index (χ1) is 30.4. The molecule has 22 heteroatoms. The number of carbonyl (C=O) groups excluding carboxylic acids is 1. The number of rotatable bonds is 12. The van der Waals surface area contributed by atoms with Crippen LogP contribution in [-0.2, 0) is 28.5 Å². The molecule has 13 N–H and O–H groups in total. The number of aliphatic hydroxyl groups is 9. The van der Waals surface area contributed by atoms with Gasteiger partial charge in [-0.25, -0.2) is 9.21 Å². The van der Waals surface area contributed by atoms with E-state index < -0.39 is 129 Å². The third-order valence-corrected chi connectivity index (χ3v) is 10.8. The van der Waals surface area contributed by atoms with Crippen LogP contribution in [0.1, 0.15) is 12.5 Å². The lowest BCUT2D eigenvalue weighted by atomic mass is 9.98. The van der Waals surface area contributed by atoms with Crippen LogP contribution in [0.5, 0.6) is 34.5 Å². The Kier molecular flexibility index (Phi) is 14.1. The molecule has 3 aromatic carbocycles. The Balaban J connectivity index is 1.15. The van der Waals surface area contributed by atoms with Gasteiger partial charge in [-0.2, -0.15) is 0 Å². The molecule has 0 bridgehead atoms. The molecular formula is C42H47O22+. The zero-order valence-corrected chi connectivity index (χ0v) is 33.5. The normalized spacial score (nSPS) is 33.2. The van der Waals surface area contributed by atoms with E-state index in [1.165, 1.54) is 49.4 Å². The van der Waals surface area contributed by atoms with Crippen molar-refractivity contribution in [1.82, 2.24) is 0 Å². The van der Waals surface area contributed by atoms with Crippen molar-refractivity contribution in [1.29, 1.82) is 0 Å². The number of hydrogen-bond donors (Lipinski definition) is 13. The molecule has 7 unspecified atom stereocenters. The van der Waals surface area contributed by atoms with Gasteiger partial charge in [0.25, 0.3) is 0 Å². The number of ether oxygens (including phenoxy) is 7. The van der Waals surface area contributed by atoms with Crippen LogP contribution in [0.25, 0.3) is 28.4 Å². The van der Waals surface area contributed by atoms with Crippen molar-refractivity contribution in [3.05, 3.63) is 72.3 Å². The second-order valence-corrected chi connectivity index (χ2v) is 15.3. The molecule has 0 amide bonds. The number of phenols is 4. The minimum Gasteiger partial charge on any atom is -0.508 e. The van der Waals surface area contributed by atoms with Crippen molar-refractivity contribution in [2.75, 3.05) is 13.2 Å². The molecular weight excluding hydrogens is 856 g/mol. The molecule has 15 atom stereocenters. The second kappa shape index (κ2) is 19.3. The first-order valence-electron chi connectivity index (χ1n) is 19.7. The van der Waals surface area contributed by atoms with Gasteiger partial charge in [0.15, 0.2) is 17.8 Å². The predicted molar refractivity (Wildman–Crippen MR) is 212 cm³/mol. The molecule has 4 heterocycles. The minimum absolute atomic E-state index is 0.0190. The van der Waals surface area contributed by atoms with Crippen molar-refractivity contribution in [2.45, 2.75) is 99.0 Å². The van der Waals surface area contributed by atoms with Crippen LogP contribution in [-0.4, -0.2) is 178 Å². The smallest absolute Gasteiger partial charge is 0.402 e. The molecule has 0 aliphatic carbocycles. The van der Waals surface area contributed by atoms with E-state index in [9.17, 15) is 71.2 Å². The summed E-state index contributed by atoms with van der Waals surface area (Å²) in [5, 5.41) is 136. The summed E-state index contributed by atoms with van der Waals surface area (Å²) in [5.41, 5.74) is 0.448. The van der Waals surface area contributed by atoms with Crippen molar-refractivity contribution >= 4 is 23.0 Å². The van der Waals surface area contributed by atoms with Gasteiger partial charge in [0.1, 0.15) is 96.4 Å². The van der Waals surface area contributed by atoms with E-state index >= 15 is 0 Å². The van der Waals surface area contributed by atoms with Gasteiger partial charge in [0, 0.05) is 24.3 Å². The SMILES string of the molecule is CC1O[C@@H](OCC2O[C@@H](Oc3cc4c(O[C@@H]5OC(COC(=O)/C=C/c6ccc(O)cc6)[C@@H](O)[C@H](O)C5O)cc(O)cc4[o+]c3-c3ccc(O)c(O)c3)C(O)C(O)[C@H]2O)C(O)[C@@H](O)[C@H]1O. The maximum Gasteiger partial charge on any atom is 0.402 e. The van der Waals surface area contributed by atoms with Gasteiger partial charge in [0.2, 0.25) is 18.3 Å². The molecule has 0 spiro atoms. The predicted octanol–water partition coefficient (Wildman–Crippen LogP) is -1.32. The maximum absolute atomic E-state index is 12.5. The standard InChI is InChI=1S/C42H46O22/c1-16-30(48)33(51)36(54)40(59-16)58-15-28-32(50)35(53)38(56)42(64-28)62-26-13-21-24(60-39(26)18-5-8-22(45)23(46)10-18)11-20(44)12-25(21)61-41-37(55)34(52)31(49)27(63-41)14-57-29(47)9-4-17-2-6-19(43)7-3-17/h2-13,16,27-28,30-38,40-42,48-56H,14-15H2,1H3,(H3-,43,44,45,46,47)/p+1/t16?,27?,28?,30-,31+,32-,33-,34-,35?,36?,37?,38?,40+,41+,42+/m0/s1. The van der Waals surface area contributed by atoms with Crippen molar-refractivity contribution in [3.63, 3.8) is 0 Å². The fourth-order valence-corrected chi connectivity index (χ4v) is 7.08. The molecule has 22 nitrogen and oxygen atoms in total. The van der Waals surface area contributed by atoms with E-state index in [0.717, 1.165) is 30.3 Å². The third kappa shape index (κ3) is 9.94. The number of phenolic OH excluding ortho intramolecular Hbond substituents is 4. The van der Waals surface area contributed by atoms with Crippen molar-refractivity contribution in [2.24, 2.45) is 0 Å². The van der Waals surface area contributed by atoms with Crippen LogP contribution >= 0.6 is 0 Å². The van der Waals surface area contributed by atoms with E-state index in [2.05, 4.69) is 0 Å². The van der Waals surface area contributed by atoms with Gasteiger partial charge < -0.3 is 99.5 Å². The number of hydrogen-bond acceptors (Lipinski definition) is 21. The number of aromatic hydroxyl groups is 4. The number of carbonyl (C=O) groups is 1. The Bertz CT molecular complexity index is 2290. The van der Waals surface area contributed by atoms with Gasteiger partial charge in [-0.1, -0.05) is 12.1 Å². The van der Waals surface area contributed by atoms with Crippen LogP contribution in [0.3, 0.4) is 0 Å². The quantitative estimate of drug-likeness (QED) is 0.0339. The number of esters is 1. The van der Waals surface area contributed by atoms with E-state index in [4.69, 9.17) is 37.6 Å². The summed E-state index contributed by atoms with van der Waals surface area (Å²) in [6.07, 6.45) is -22.8. The first kappa shape index (κ1) is 46.5. The molecule has 3 fully saturated rings. The highest BCUT2D eigenvalue weighted by Crippen LogP contribution is 2.43. The van der Waals surface area contributed by atoms with Gasteiger partial charge >= 0.3 is 17.3 Å². The molecule has 346 valence electrons. The van der Waals surface area contributed by atoms with Crippen LogP contribution in [0, 0.1) is 0 Å². The highest BCUT2D eigenvalue weighted by molar-refractivity contribution is 5.89. The fraction of sp³-hybridized carbons (Fsp3) is 0.429. The van der Waals surface area contributed by atoms with Crippen LogP contribution < -0.4 is 9.47 Å². The van der Waals surface area contributed by atoms with Gasteiger partial charge in [-0.3, -0.25) is 0 Å². The summed E-state index contributed by atoms with van der Waals surface area (Å²) in [6, 6.07) is 12.8. The highest BCUT2D eigenvalue weighted by atomic mass is 16.7. The zero-order valence-electron chi connectivity index (χ0n) is 33.5. The second-order valence-electron chi connectivity index (χ2n) is 15.3. The summed E-state index contributed by atoms with van der Waals surface area (Å²) >= 11 is 0. The molecule has 3 saturated heterocycles. The van der Waals surface area contributed by atoms with Crippen molar-refractivity contribution in [3.8, 4) is 45.8 Å². The molecule has 3 aliphatic heterocycles. The molecule has 7 rings (SSSR count). The Hall–Kier alpha value is -5.44. The molecule has 4 aromatic rings. The van der Waals surface area contributed by atoms with Crippen molar-refractivity contribution < 1.29 is 109 Å². The number of benzene rings is 3. The van der Waals surface area contributed by atoms with Crippen LogP contribution in [0.15, 0.2) is 71.2 Å². The molecule has 0 saturated carbocycles. The lowest BCUT2D eigenvalue weighted by molar-refractivity contribution is -0.318. The Morgan fingerprint density at radius 3 is 1.84 bits per heavy atom. The summed E-state index contributed by atoms with van der Waals surface area (Å²) in [4.78, 5) is 12.5. The van der Waals surface area contributed by atoms with E-state index in [1.807, 2.05) is 0 Å². The average molecular weight is 904 g/mol. The van der Waals surface area contributed by atoms with E-state index in [1.54, 1.807) is 0 Å². The minimum atomic E-state index is -1.97. The maximum atomic E-state index is 12.5. The lowest BCUT2D eigenvalue weighted by Gasteiger charge is -2.42. The molecule has 0 radical (unpaired) electrons. The fourth-order valence-electron chi connectivity index (χ4n) is 7.08. The Labute approximate surface area is 361 Å².